The van der Waals surface area contributed by atoms with Gasteiger partial charge in [-0.3, -0.25) is 9.40 Å². The fraction of sp³-hybridized carbons (Fsp3) is 0.611. The second-order valence-electron chi connectivity index (χ2n) is 7.22. The lowest BCUT2D eigenvalue weighted by Gasteiger charge is -2.49. The molecule has 3 heterocycles. The number of esters is 1. The van der Waals surface area contributed by atoms with Gasteiger partial charge in [-0.2, -0.15) is 10.1 Å². The van der Waals surface area contributed by atoms with Crippen LogP contribution in [-0.2, 0) is 4.74 Å². The number of ether oxygens (including phenoxy) is 1. The van der Waals surface area contributed by atoms with Gasteiger partial charge in [0.2, 0.25) is 0 Å². The molecule has 0 radical (unpaired) electrons. The van der Waals surface area contributed by atoms with Crippen LogP contribution in [0.1, 0.15) is 49.8 Å². The van der Waals surface area contributed by atoms with Gasteiger partial charge in [-0.1, -0.05) is 31.0 Å². The minimum absolute atomic E-state index is 0.167. The molecule has 1 N–H and O–H groups in total. The molecule has 1 fully saturated rings. The standard InChI is InChI=1S/C18H25BrF2N4O2S2/c1-5-29(25-8-6-18(20,21)7-9-25)16(28-11(2)3)14(19)22-17(29)27-15(26)13-10-12(4)23-24-13/h10-11H,5-9H2,1-4H3,(H,23,24). The molecular formula is C18H25BrF2N4O2S2. The lowest BCUT2D eigenvalue weighted by Crippen LogP contribution is -2.44. The van der Waals surface area contributed by atoms with Crippen LogP contribution in [-0.4, -0.2) is 55.7 Å². The van der Waals surface area contributed by atoms with E-state index in [1.807, 2.05) is 6.92 Å². The molecule has 3 rings (SSSR count). The second kappa shape index (κ2) is 8.68. The molecule has 0 aliphatic carbocycles. The first-order valence-electron chi connectivity index (χ1n) is 9.42. The maximum absolute atomic E-state index is 13.8. The number of nitrogens with zero attached hydrogens (tertiary/aromatic N) is 3. The van der Waals surface area contributed by atoms with E-state index >= 15 is 0 Å². The lowest BCUT2D eigenvalue weighted by molar-refractivity contribution is -0.0403. The van der Waals surface area contributed by atoms with Crippen LogP contribution in [0.5, 0.6) is 0 Å². The van der Waals surface area contributed by atoms with Crippen LogP contribution in [0.25, 0.3) is 0 Å². The Kier molecular flexibility index (Phi) is 6.82. The molecular weight excluding hydrogens is 486 g/mol. The van der Waals surface area contributed by atoms with E-state index in [4.69, 9.17) is 4.74 Å². The number of carbonyl (C=O) groups is 1. The predicted molar refractivity (Wildman–Crippen MR) is 119 cm³/mol. The van der Waals surface area contributed by atoms with Crippen LogP contribution in [0.2, 0.25) is 0 Å². The summed E-state index contributed by atoms with van der Waals surface area (Å²) in [6, 6.07) is 1.61. The van der Waals surface area contributed by atoms with E-state index < -0.39 is 22.1 Å². The highest BCUT2D eigenvalue weighted by Crippen LogP contribution is 2.69. The zero-order valence-electron chi connectivity index (χ0n) is 16.8. The van der Waals surface area contributed by atoms with Crippen molar-refractivity contribution in [1.82, 2.24) is 14.5 Å². The number of H-pyrrole nitrogens is 1. The number of rotatable bonds is 5. The molecule has 11 heteroatoms. The largest absolute Gasteiger partial charge is 0.396 e. The fourth-order valence-corrected chi connectivity index (χ4v) is 10.4. The van der Waals surface area contributed by atoms with Crippen LogP contribution in [0, 0.1) is 6.92 Å². The van der Waals surface area contributed by atoms with Gasteiger partial charge in [0.25, 0.3) is 11.2 Å². The van der Waals surface area contributed by atoms with Gasteiger partial charge in [0.15, 0.2) is 5.69 Å². The molecule has 0 spiro atoms. The maximum atomic E-state index is 13.8. The Balaban J connectivity index is 1.95. The summed E-state index contributed by atoms with van der Waals surface area (Å²) in [5.74, 6) is -2.64. The maximum Gasteiger partial charge on any atom is 0.365 e. The number of halogens is 3. The van der Waals surface area contributed by atoms with E-state index in [1.54, 1.807) is 24.8 Å². The number of aliphatic imine (C=N–C) groups is 1. The molecule has 0 saturated carbocycles. The highest BCUT2D eigenvalue weighted by molar-refractivity contribution is 9.12. The van der Waals surface area contributed by atoms with Crippen LogP contribution < -0.4 is 0 Å². The molecule has 1 aromatic rings. The predicted octanol–water partition coefficient (Wildman–Crippen LogP) is 5.38. The lowest BCUT2D eigenvalue weighted by atomic mass is 10.1. The summed E-state index contributed by atoms with van der Waals surface area (Å²) in [6.45, 7) is 8.39. The minimum Gasteiger partial charge on any atom is -0.396 e. The van der Waals surface area contributed by atoms with Crippen molar-refractivity contribution in [3.05, 3.63) is 26.3 Å². The smallest absolute Gasteiger partial charge is 0.365 e. The molecule has 6 nitrogen and oxygen atoms in total. The third-order valence-corrected chi connectivity index (χ3v) is 11.4. The molecule has 2 aliphatic heterocycles. The molecule has 2 aliphatic rings. The van der Waals surface area contributed by atoms with E-state index in [1.165, 1.54) is 0 Å². The third-order valence-electron chi connectivity index (χ3n) is 4.70. The Labute approximate surface area is 183 Å². The first-order valence-corrected chi connectivity index (χ1v) is 12.9. The zero-order chi connectivity index (χ0) is 21.4. The molecule has 1 saturated heterocycles. The summed E-state index contributed by atoms with van der Waals surface area (Å²) in [6.07, 6.45) is -0.419. The van der Waals surface area contributed by atoms with Gasteiger partial charge in [0, 0.05) is 36.9 Å². The van der Waals surface area contributed by atoms with Crippen LogP contribution >= 0.6 is 37.9 Å². The SMILES string of the molecule is CCS1(N2CCC(F)(F)CC2)C(OC(=O)c2cc(C)[nH]n2)=NC(Br)=C1SC(C)C. The number of nitrogens with one attached hydrogen (secondary N) is 1. The quantitative estimate of drug-likeness (QED) is 0.425. The Hall–Kier alpha value is -0.910. The summed E-state index contributed by atoms with van der Waals surface area (Å²) in [5.41, 5.74) is 0.911. The first-order chi connectivity index (χ1) is 13.6. The molecule has 1 unspecified atom stereocenters. The van der Waals surface area contributed by atoms with Gasteiger partial charge in [-0.25, -0.2) is 13.6 Å². The normalized spacial score (nSPS) is 27.1. The van der Waals surface area contributed by atoms with Crippen molar-refractivity contribution in [2.45, 2.75) is 51.7 Å². The summed E-state index contributed by atoms with van der Waals surface area (Å²) in [4.78, 5) is 17.2. The summed E-state index contributed by atoms with van der Waals surface area (Å²) in [5, 5.41) is 7.25. The number of hydrogen-bond acceptors (Lipinski definition) is 6. The summed E-state index contributed by atoms with van der Waals surface area (Å²) in [7, 11) is -2.01. The Morgan fingerprint density at radius 1 is 1.45 bits per heavy atom. The average Bonchev–Trinajstić information content (AvgIpc) is 3.18. The van der Waals surface area contributed by atoms with E-state index in [9.17, 15) is 13.6 Å². The number of alkyl halides is 2. The Bertz CT molecular complexity index is 849. The van der Waals surface area contributed by atoms with Crippen molar-refractivity contribution in [2.24, 2.45) is 4.99 Å². The summed E-state index contributed by atoms with van der Waals surface area (Å²) >= 11 is 5.17. The van der Waals surface area contributed by atoms with E-state index in [0.717, 1.165) is 9.93 Å². The van der Waals surface area contributed by atoms with Gasteiger partial charge in [0.1, 0.15) is 4.61 Å². The number of piperidine rings is 1. The zero-order valence-corrected chi connectivity index (χ0v) is 20.0. The monoisotopic (exact) mass is 510 g/mol. The molecule has 162 valence electrons. The van der Waals surface area contributed by atoms with Crippen LogP contribution in [0.3, 0.4) is 0 Å². The highest BCUT2D eigenvalue weighted by Gasteiger charge is 2.50. The van der Waals surface area contributed by atoms with E-state index in [0.29, 0.717) is 15.6 Å². The Morgan fingerprint density at radius 2 is 2.10 bits per heavy atom. The van der Waals surface area contributed by atoms with E-state index in [2.05, 4.69) is 49.3 Å². The molecule has 0 amide bonds. The first kappa shape index (κ1) is 22.8. The van der Waals surface area contributed by atoms with Gasteiger partial charge in [-0.15, -0.1) is 11.8 Å². The van der Waals surface area contributed by atoms with E-state index in [-0.39, 0.29) is 36.9 Å². The highest BCUT2D eigenvalue weighted by atomic mass is 79.9. The number of aromatic amines is 1. The van der Waals surface area contributed by atoms with Crippen molar-refractivity contribution in [3.63, 3.8) is 0 Å². The molecule has 1 atom stereocenters. The molecule has 1 aromatic heterocycles. The summed E-state index contributed by atoms with van der Waals surface area (Å²) < 4.78 is 37.1. The second-order valence-corrected chi connectivity index (χ2v) is 13.1. The van der Waals surface area contributed by atoms with Crippen molar-refractivity contribution < 1.29 is 18.3 Å². The molecule has 29 heavy (non-hydrogen) atoms. The fourth-order valence-electron chi connectivity index (χ4n) is 3.30. The minimum atomic E-state index is -2.66. The molecule has 0 aromatic carbocycles. The number of aromatic nitrogens is 2. The van der Waals surface area contributed by atoms with Gasteiger partial charge in [0.05, 0.1) is 4.24 Å². The topological polar surface area (TPSA) is 70.6 Å². The van der Waals surface area contributed by atoms with Crippen molar-refractivity contribution in [2.75, 3.05) is 18.8 Å². The van der Waals surface area contributed by atoms with Gasteiger partial charge < -0.3 is 4.74 Å². The molecule has 0 bridgehead atoms. The number of carbonyl (C=O) groups excluding carboxylic acids is 1. The third kappa shape index (κ3) is 4.57. The Morgan fingerprint density at radius 3 is 2.62 bits per heavy atom. The van der Waals surface area contributed by atoms with Crippen LogP contribution in [0.4, 0.5) is 8.78 Å². The van der Waals surface area contributed by atoms with Crippen molar-refractivity contribution in [1.29, 1.82) is 0 Å². The van der Waals surface area contributed by atoms with Gasteiger partial charge in [-0.05, 0) is 34.7 Å². The van der Waals surface area contributed by atoms with Crippen molar-refractivity contribution in [3.8, 4) is 0 Å². The number of thioether (sulfide) groups is 1. The number of hydrogen-bond donors (Lipinski definition) is 1. The van der Waals surface area contributed by atoms with Crippen LogP contribution in [0.15, 0.2) is 19.9 Å². The number of aryl methyl sites for hydroxylation is 1. The van der Waals surface area contributed by atoms with Gasteiger partial charge >= 0.3 is 5.97 Å². The average molecular weight is 511 g/mol. The van der Waals surface area contributed by atoms with Crippen molar-refractivity contribution >= 4 is 49.1 Å².